The molecular formula is C57H68BClN2. The van der Waals surface area contributed by atoms with Crippen molar-refractivity contribution in [2.75, 3.05) is 9.80 Å². The van der Waals surface area contributed by atoms with Crippen molar-refractivity contribution < 1.29 is 0 Å². The summed E-state index contributed by atoms with van der Waals surface area (Å²) in [7, 11) is 0. The van der Waals surface area contributed by atoms with Crippen molar-refractivity contribution in [3.63, 3.8) is 0 Å². The normalized spacial score (nSPS) is 21.4. The van der Waals surface area contributed by atoms with E-state index in [1.165, 1.54) is 134 Å². The van der Waals surface area contributed by atoms with Crippen LogP contribution in [0.15, 0.2) is 66.7 Å². The van der Waals surface area contributed by atoms with Gasteiger partial charge in [0.25, 0.3) is 6.71 Å². The van der Waals surface area contributed by atoms with Crippen LogP contribution in [-0.4, -0.2) is 6.71 Å². The van der Waals surface area contributed by atoms with E-state index < -0.39 is 0 Å². The molecule has 0 radical (unpaired) electrons. The van der Waals surface area contributed by atoms with Crippen LogP contribution in [0.4, 0.5) is 34.1 Å². The van der Waals surface area contributed by atoms with Gasteiger partial charge in [-0.05, 0) is 201 Å². The predicted molar refractivity (Wildman–Crippen MR) is 266 cm³/mol. The van der Waals surface area contributed by atoms with Crippen LogP contribution in [-0.2, 0) is 32.5 Å². The van der Waals surface area contributed by atoms with Crippen LogP contribution in [0.1, 0.15) is 172 Å². The number of benzene rings is 5. The molecule has 3 aliphatic carbocycles. The maximum Gasteiger partial charge on any atom is 0.252 e. The number of nitrogens with zero attached hydrogens (tertiary/aromatic N) is 2. The van der Waals surface area contributed by atoms with E-state index in [1.54, 1.807) is 5.56 Å². The molecule has 0 unspecified atom stereocenters. The highest BCUT2D eigenvalue weighted by Crippen LogP contribution is 2.55. The van der Waals surface area contributed by atoms with E-state index in [9.17, 15) is 0 Å². The number of aryl methyl sites for hydroxylation is 2. The van der Waals surface area contributed by atoms with Crippen molar-refractivity contribution in [3.8, 4) is 0 Å². The molecule has 4 heteroatoms. The zero-order chi connectivity index (χ0) is 43.7. The predicted octanol–water partition coefficient (Wildman–Crippen LogP) is 14.4. The van der Waals surface area contributed by atoms with Gasteiger partial charge in [0.1, 0.15) is 0 Å². The average Bonchev–Trinajstić information content (AvgIpc) is 3.17. The highest BCUT2D eigenvalue weighted by atomic mass is 35.5. The largest absolute Gasteiger partial charge is 0.311 e. The minimum absolute atomic E-state index is 0.0492. The highest BCUT2D eigenvalue weighted by molar-refractivity contribution is 7.00. The van der Waals surface area contributed by atoms with Crippen molar-refractivity contribution in [2.45, 2.75) is 175 Å². The lowest BCUT2D eigenvalue weighted by Gasteiger charge is -2.49. The Balaban J connectivity index is 1.32. The third-order valence-corrected chi connectivity index (χ3v) is 17.3. The lowest BCUT2D eigenvalue weighted by Crippen LogP contribution is -2.62. The number of anilines is 6. The quantitative estimate of drug-likeness (QED) is 0.160. The van der Waals surface area contributed by atoms with E-state index in [2.05, 4.69) is 180 Å². The summed E-state index contributed by atoms with van der Waals surface area (Å²) in [6, 6.07) is 27.1. The average molecular weight is 827 g/mol. The van der Waals surface area contributed by atoms with E-state index >= 15 is 0 Å². The Morgan fingerprint density at radius 1 is 0.426 bits per heavy atom. The molecule has 0 amide bonds. The van der Waals surface area contributed by atoms with Gasteiger partial charge in [0.2, 0.25) is 0 Å². The van der Waals surface area contributed by atoms with Crippen LogP contribution in [0.3, 0.4) is 0 Å². The Hall–Kier alpha value is -3.95. The van der Waals surface area contributed by atoms with Gasteiger partial charge in [-0.2, -0.15) is 0 Å². The van der Waals surface area contributed by atoms with Crippen LogP contribution >= 0.6 is 11.6 Å². The minimum atomic E-state index is 0.0492. The lowest BCUT2D eigenvalue weighted by molar-refractivity contribution is 0.330. The molecule has 316 valence electrons. The summed E-state index contributed by atoms with van der Waals surface area (Å²) in [5.74, 6) is 0. The van der Waals surface area contributed by atoms with Crippen LogP contribution in [0, 0.1) is 20.8 Å². The molecule has 0 aromatic heterocycles. The van der Waals surface area contributed by atoms with Gasteiger partial charge < -0.3 is 9.80 Å². The summed E-state index contributed by atoms with van der Waals surface area (Å²) in [6.07, 6.45) is 7.14. The summed E-state index contributed by atoms with van der Waals surface area (Å²) >= 11 is 7.11. The second kappa shape index (κ2) is 12.8. The standard InChI is InChI=1S/C57H68BClN2/c1-33-26-48-51-49(27-33)61(45-31-40-38(28-34(45)2)53(6,7)20-22-55(40,10)11)46-29-36(59)16-18-42(46)58(51)43-30-39-41(56(12,13)23-21-54(39,8)9)32-47(43)60(48)44-19-17-37-50(35(44)3)57(14,15)25-24-52(37,4)5/h16-19,26-32H,20-25H2,1-15H3. The Kier molecular flexibility index (Phi) is 8.65. The van der Waals surface area contributed by atoms with Crippen LogP contribution in [0.2, 0.25) is 5.02 Å². The molecule has 5 aromatic rings. The van der Waals surface area contributed by atoms with Crippen LogP contribution in [0.5, 0.6) is 0 Å². The van der Waals surface area contributed by atoms with E-state index in [-0.39, 0.29) is 39.2 Å². The summed E-state index contributed by atoms with van der Waals surface area (Å²) in [4.78, 5) is 5.32. The maximum absolute atomic E-state index is 7.11. The van der Waals surface area contributed by atoms with Gasteiger partial charge in [-0.15, -0.1) is 0 Å². The summed E-state index contributed by atoms with van der Waals surface area (Å²) in [5, 5.41) is 0.776. The van der Waals surface area contributed by atoms with Crippen LogP contribution < -0.4 is 26.2 Å². The zero-order valence-electron chi connectivity index (χ0n) is 39.9. The first-order chi connectivity index (χ1) is 28.3. The van der Waals surface area contributed by atoms with Crippen molar-refractivity contribution in [1.29, 1.82) is 0 Å². The number of hydrogen-bond donors (Lipinski definition) is 0. The molecule has 2 nitrogen and oxygen atoms in total. The topological polar surface area (TPSA) is 6.48 Å². The first-order valence-corrected chi connectivity index (χ1v) is 23.8. The highest BCUT2D eigenvalue weighted by Gasteiger charge is 2.48. The van der Waals surface area contributed by atoms with Crippen molar-refractivity contribution >= 4 is 68.8 Å². The molecule has 0 N–H and O–H groups in total. The van der Waals surface area contributed by atoms with E-state index in [4.69, 9.17) is 11.6 Å². The SMILES string of the molecule is Cc1cc2c3c(c1)N(c1ccc4c(c1C)C(C)(C)CCC4(C)C)c1cc4c(cc1B3c1ccc(Cl)cc1N2c1cc2c(cc1C)C(C)(C)CCC2(C)C)C(C)(C)CCC4(C)C. The number of rotatable bonds is 2. The fourth-order valence-electron chi connectivity index (χ4n) is 12.9. The molecule has 0 saturated heterocycles. The van der Waals surface area contributed by atoms with Gasteiger partial charge in [0, 0.05) is 39.1 Å². The Labute approximate surface area is 373 Å². The molecule has 0 fully saturated rings. The second-order valence-electron chi connectivity index (χ2n) is 24.1. The van der Waals surface area contributed by atoms with E-state index in [1.807, 2.05) is 0 Å². The molecule has 0 spiro atoms. The summed E-state index contributed by atoms with van der Waals surface area (Å²) in [6.45, 7) is 36.7. The molecular weight excluding hydrogens is 759 g/mol. The van der Waals surface area contributed by atoms with Crippen molar-refractivity contribution in [1.82, 2.24) is 0 Å². The Morgan fingerprint density at radius 3 is 1.46 bits per heavy atom. The molecule has 5 aliphatic rings. The van der Waals surface area contributed by atoms with Gasteiger partial charge in [-0.25, -0.2) is 0 Å². The number of hydrogen-bond acceptors (Lipinski definition) is 2. The molecule has 2 heterocycles. The van der Waals surface area contributed by atoms with Gasteiger partial charge in [-0.1, -0.05) is 119 Å². The van der Waals surface area contributed by atoms with Gasteiger partial charge in [0.15, 0.2) is 0 Å². The fourth-order valence-corrected chi connectivity index (χ4v) is 13.1. The van der Waals surface area contributed by atoms with Crippen LogP contribution in [0.25, 0.3) is 0 Å². The number of fused-ring (bicyclic) bond motifs is 7. The molecule has 61 heavy (non-hydrogen) atoms. The third kappa shape index (κ3) is 5.87. The first-order valence-electron chi connectivity index (χ1n) is 23.4. The molecule has 0 bridgehead atoms. The first kappa shape index (κ1) is 41.1. The van der Waals surface area contributed by atoms with Gasteiger partial charge in [0.05, 0.1) is 0 Å². The smallest absolute Gasteiger partial charge is 0.252 e. The third-order valence-electron chi connectivity index (χ3n) is 17.0. The molecule has 10 rings (SSSR count). The summed E-state index contributed by atoms with van der Waals surface area (Å²) in [5.41, 5.74) is 25.5. The zero-order valence-corrected chi connectivity index (χ0v) is 40.7. The lowest BCUT2D eigenvalue weighted by atomic mass is 9.33. The van der Waals surface area contributed by atoms with E-state index in [0.29, 0.717) is 0 Å². The minimum Gasteiger partial charge on any atom is -0.311 e. The fraction of sp³-hybridized carbons (Fsp3) is 0.474. The Bertz CT molecular complexity index is 2720. The monoisotopic (exact) mass is 827 g/mol. The van der Waals surface area contributed by atoms with Crippen molar-refractivity contribution in [3.05, 3.63) is 122 Å². The Morgan fingerprint density at radius 2 is 0.885 bits per heavy atom. The molecule has 2 aliphatic heterocycles. The summed E-state index contributed by atoms with van der Waals surface area (Å²) < 4.78 is 0. The molecule has 0 saturated carbocycles. The van der Waals surface area contributed by atoms with Gasteiger partial charge in [-0.3, -0.25) is 0 Å². The van der Waals surface area contributed by atoms with Crippen molar-refractivity contribution in [2.24, 2.45) is 0 Å². The maximum atomic E-state index is 7.11. The second-order valence-corrected chi connectivity index (χ2v) is 24.5. The number of halogens is 1. The van der Waals surface area contributed by atoms with E-state index in [0.717, 1.165) is 5.02 Å². The van der Waals surface area contributed by atoms with Gasteiger partial charge >= 0.3 is 0 Å². The molecule has 0 atom stereocenters. The molecule has 5 aromatic carbocycles.